The summed E-state index contributed by atoms with van der Waals surface area (Å²) < 4.78 is 44.4. The lowest BCUT2D eigenvalue weighted by Gasteiger charge is -2.14. The van der Waals surface area contributed by atoms with Gasteiger partial charge in [-0.15, -0.1) is 10.2 Å². The van der Waals surface area contributed by atoms with E-state index in [1.54, 1.807) is 34.7 Å². The van der Waals surface area contributed by atoms with Gasteiger partial charge in [0.2, 0.25) is 0 Å². The quantitative estimate of drug-likeness (QED) is 0.346. The molecule has 0 saturated heterocycles. The van der Waals surface area contributed by atoms with E-state index in [0.717, 1.165) is 17.1 Å². The van der Waals surface area contributed by atoms with E-state index in [9.17, 15) is 18.0 Å². The van der Waals surface area contributed by atoms with Crippen LogP contribution >= 0.6 is 11.3 Å². The second kappa shape index (κ2) is 7.72. The Balaban J connectivity index is 1.77. The first-order chi connectivity index (χ1) is 15.4. The number of nitrogens with zero attached hydrogens (tertiary/aromatic N) is 3. The Hall–Kier alpha value is -3.78. The predicted molar refractivity (Wildman–Crippen MR) is 118 cm³/mol. The minimum absolute atomic E-state index is 0.107. The van der Waals surface area contributed by atoms with Gasteiger partial charge < -0.3 is 4.40 Å². The summed E-state index contributed by atoms with van der Waals surface area (Å²) in [5.74, 6) is -2.00. The number of hydrogen-bond acceptors (Lipinski definition) is 4. The number of pyridine rings is 2. The molecule has 0 atom stereocenters. The van der Waals surface area contributed by atoms with Crippen LogP contribution < -0.4 is 5.43 Å². The zero-order valence-corrected chi connectivity index (χ0v) is 17.5. The Morgan fingerprint density at radius 2 is 1.72 bits per heavy atom. The maximum absolute atomic E-state index is 14.9. The van der Waals surface area contributed by atoms with Crippen molar-refractivity contribution in [3.8, 4) is 33.0 Å². The molecule has 0 N–H and O–H groups in total. The monoisotopic (exact) mass is 449 g/mol. The van der Waals surface area contributed by atoms with Gasteiger partial charge in [-0.3, -0.25) is 4.79 Å². The molecule has 158 valence electrons. The number of rotatable bonds is 3. The highest BCUT2D eigenvalue weighted by atomic mass is 32.1. The lowest BCUT2D eigenvalue weighted by Crippen LogP contribution is -2.09. The van der Waals surface area contributed by atoms with Gasteiger partial charge in [-0.1, -0.05) is 17.4 Å². The third kappa shape index (κ3) is 3.38. The number of aromatic nitrogens is 3. The van der Waals surface area contributed by atoms with Crippen molar-refractivity contribution in [3.05, 3.63) is 99.5 Å². The van der Waals surface area contributed by atoms with Crippen molar-refractivity contribution in [2.24, 2.45) is 0 Å². The van der Waals surface area contributed by atoms with Crippen molar-refractivity contribution in [1.29, 1.82) is 0 Å². The Kier molecular flexibility index (Phi) is 4.86. The zero-order valence-electron chi connectivity index (χ0n) is 16.6. The summed E-state index contributed by atoms with van der Waals surface area (Å²) >= 11 is 1.36. The number of fused-ring (bicyclic) bond motifs is 1. The molecular weight excluding hydrogens is 435 g/mol. The van der Waals surface area contributed by atoms with Crippen molar-refractivity contribution in [2.75, 3.05) is 0 Å². The topological polar surface area (TPSA) is 47.3 Å². The van der Waals surface area contributed by atoms with Crippen molar-refractivity contribution < 1.29 is 13.2 Å². The van der Waals surface area contributed by atoms with E-state index in [0.29, 0.717) is 21.8 Å². The lowest BCUT2D eigenvalue weighted by molar-refractivity contribution is 0.585. The fourth-order valence-corrected chi connectivity index (χ4v) is 4.38. The van der Waals surface area contributed by atoms with Crippen LogP contribution in [0, 0.1) is 24.4 Å². The third-order valence-electron chi connectivity index (χ3n) is 5.12. The van der Waals surface area contributed by atoms with Crippen LogP contribution in [0.3, 0.4) is 0 Å². The fourth-order valence-electron chi connectivity index (χ4n) is 3.69. The van der Waals surface area contributed by atoms with Crippen molar-refractivity contribution in [3.63, 3.8) is 0 Å². The van der Waals surface area contributed by atoms with Gasteiger partial charge in [0, 0.05) is 35.0 Å². The standard InChI is InChI=1S/C24H14F3N3OS/c1-13-28-29-24(32-13)14-5-8-18(26)17(11-14)23-21-4-2-3-20(30(21)10-9-22(23)31)16-7-6-15(25)12-19(16)27/h2-12H,1H3. The largest absolute Gasteiger partial charge is 0.316 e. The predicted octanol–water partition coefficient (Wildman–Crippen LogP) is 5.88. The minimum Gasteiger partial charge on any atom is -0.316 e. The first-order valence-corrected chi connectivity index (χ1v) is 10.4. The van der Waals surface area contributed by atoms with Gasteiger partial charge in [0.25, 0.3) is 0 Å². The molecule has 3 aromatic heterocycles. The van der Waals surface area contributed by atoms with Crippen molar-refractivity contribution in [2.45, 2.75) is 6.92 Å². The molecule has 0 unspecified atom stereocenters. The maximum atomic E-state index is 14.9. The highest BCUT2D eigenvalue weighted by molar-refractivity contribution is 7.14. The summed E-state index contributed by atoms with van der Waals surface area (Å²) in [6.07, 6.45) is 1.50. The van der Waals surface area contributed by atoms with E-state index >= 15 is 0 Å². The molecule has 5 rings (SSSR count). The second-order valence-electron chi connectivity index (χ2n) is 7.17. The molecule has 32 heavy (non-hydrogen) atoms. The normalized spacial score (nSPS) is 11.2. The molecule has 0 radical (unpaired) electrons. The first kappa shape index (κ1) is 20.1. The van der Waals surface area contributed by atoms with E-state index in [-0.39, 0.29) is 22.1 Å². The van der Waals surface area contributed by atoms with Crippen LogP contribution in [0.25, 0.3) is 38.5 Å². The highest BCUT2D eigenvalue weighted by Crippen LogP contribution is 2.32. The van der Waals surface area contributed by atoms with Crippen molar-refractivity contribution >= 4 is 16.9 Å². The van der Waals surface area contributed by atoms with Crippen molar-refractivity contribution in [1.82, 2.24) is 14.6 Å². The maximum Gasteiger partial charge on any atom is 0.190 e. The second-order valence-corrected chi connectivity index (χ2v) is 8.35. The summed E-state index contributed by atoms with van der Waals surface area (Å²) in [7, 11) is 0. The Morgan fingerprint density at radius 3 is 2.47 bits per heavy atom. The Morgan fingerprint density at radius 1 is 0.875 bits per heavy atom. The van der Waals surface area contributed by atoms with Crippen LogP contribution in [0.2, 0.25) is 0 Å². The van der Waals surface area contributed by atoms with E-state index < -0.39 is 17.5 Å². The number of hydrogen-bond donors (Lipinski definition) is 0. The SMILES string of the molecule is Cc1nnc(-c2ccc(F)c(-c3c(=O)ccn4c(-c5ccc(F)cc5F)cccc34)c2)s1. The van der Waals surface area contributed by atoms with E-state index in [2.05, 4.69) is 10.2 Å². The van der Waals surface area contributed by atoms with Gasteiger partial charge in [0.1, 0.15) is 27.5 Å². The van der Waals surface area contributed by atoms with Crippen LogP contribution in [0.5, 0.6) is 0 Å². The molecule has 0 amide bonds. The molecule has 0 saturated carbocycles. The summed E-state index contributed by atoms with van der Waals surface area (Å²) in [5, 5.41) is 9.46. The Bertz CT molecular complexity index is 1560. The number of aryl methyl sites for hydroxylation is 1. The highest BCUT2D eigenvalue weighted by Gasteiger charge is 2.17. The smallest absolute Gasteiger partial charge is 0.190 e. The molecule has 2 aromatic carbocycles. The van der Waals surface area contributed by atoms with Gasteiger partial charge in [-0.25, -0.2) is 13.2 Å². The minimum atomic E-state index is -0.738. The molecular formula is C24H14F3N3OS. The van der Waals surface area contributed by atoms with Crippen LogP contribution in [0.1, 0.15) is 5.01 Å². The molecule has 4 nitrogen and oxygen atoms in total. The molecule has 0 bridgehead atoms. The van der Waals surface area contributed by atoms with Gasteiger partial charge in [-0.05, 0) is 49.4 Å². The van der Waals surface area contributed by atoms with Crippen LogP contribution in [0.4, 0.5) is 13.2 Å². The number of benzene rings is 2. The van der Waals surface area contributed by atoms with E-state index in [4.69, 9.17) is 0 Å². The van der Waals surface area contributed by atoms with Crippen LogP contribution in [-0.2, 0) is 0 Å². The molecule has 0 aliphatic rings. The lowest BCUT2D eigenvalue weighted by atomic mass is 10.0. The number of halogens is 3. The van der Waals surface area contributed by atoms with Crippen LogP contribution in [-0.4, -0.2) is 14.6 Å². The average molecular weight is 449 g/mol. The van der Waals surface area contributed by atoms with Gasteiger partial charge in [-0.2, -0.15) is 0 Å². The summed E-state index contributed by atoms with van der Waals surface area (Å²) in [4.78, 5) is 12.9. The average Bonchev–Trinajstić information content (AvgIpc) is 3.20. The van der Waals surface area contributed by atoms with Gasteiger partial charge in [0.05, 0.1) is 16.8 Å². The third-order valence-corrected chi connectivity index (χ3v) is 6.01. The molecule has 0 fully saturated rings. The van der Waals surface area contributed by atoms with E-state index in [1.165, 1.54) is 35.7 Å². The summed E-state index contributed by atoms with van der Waals surface area (Å²) in [6.45, 7) is 1.82. The van der Waals surface area contributed by atoms with Gasteiger partial charge >= 0.3 is 0 Å². The molecule has 0 spiro atoms. The van der Waals surface area contributed by atoms with Gasteiger partial charge in [0.15, 0.2) is 5.43 Å². The fraction of sp³-hybridized carbons (Fsp3) is 0.0417. The molecule has 0 aliphatic heterocycles. The zero-order chi connectivity index (χ0) is 22.4. The van der Waals surface area contributed by atoms with E-state index in [1.807, 2.05) is 6.92 Å². The summed E-state index contributed by atoms with van der Waals surface area (Å²) in [5.41, 5.74) is 1.44. The molecule has 3 heterocycles. The molecule has 5 aromatic rings. The molecule has 0 aliphatic carbocycles. The first-order valence-electron chi connectivity index (χ1n) is 9.62. The Labute approximate surface area is 184 Å². The summed E-state index contributed by atoms with van der Waals surface area (Å²) in [6, 6.07) is 14.0. The molecule has 8 heteroatoms. The van der Waals surface area contributed by atoms with Crippen LogP contribution in [0.15, 0.2) is 71.7 Å².